The topological polar surface area (TPSA) is 54.7 Å². The second-order valence-electron chi connectivity index (χ2n) is 2.64. The number of nitrogens with one attached hydrogen (secondary N) is 1. The van der Waals surface area contributed by atoms with E-state index in [1.165, 1.54) is 0 Å². The second kappa shape index (κ2) is 3.18. The van der Waals surface area contributed by atoms with Crippen molar-refractivity contribution in [3.63, 3.8) is 0 Å². The van der Waals surface area contributed by atoms with Gasteiger partial charge in [-0.3, -0.25) is 0 Å². The first kappa shape index (κ1) is 8.81. The lowest BCUT2D eigenvalue weighted by atomic mass is 10.3. The molecule has 1 aromatic carbocycles. The summed E-state index contributed by atoms with van der Waals surface area (Å²) in [5, 5.41) is 1.18. The summed E-state index contributed by atoms with van der Waals surface area (Å²) in [6, 6.07) is 3.44. The summed E-state index contributed by atoms with van der Waals surface area (Å²) in [5.74, 6) is 0.685. The summed E-state index contributed by atoms with van der Waals surface area (Å²) < 4.78 is 0. The lowest BCUT2D eigenvalue weighted by molar-refractivity contribution is 0.958. The fourth-order valence-corrected chi connectivity index (χ4v) is 1.57. The maximum atomic E-state index is 5.93. The third-order valence-electron chi connectivity index (χ3n) is 1.79. The molecule has 0 aliphatic carbocycles. The van der Waals surface area contributed by atoms with Crippen molar-refractivity contribution in [2.45, 2.75) is 6.54 Å². The van der Waals surface area contributed by atoms with E-state index in [1.807, 2.05) is 0 Å². The normalized spacial score (nSPS) is 11.0. The Balaban J connectivity index is 2.80. The fourth-order valence-electron chi connectivity index (χ4n) is 1.17. The van der Waals surface area contributed by atoms with Crippen molar-refractivity contribution in [2.24, 2.45) is 5.73 Å². The number of rotatable bonds is 1. The third kappa shape index (κ3) is 1.39. The Morgan fingerprint density at radius 3 is 2.62 bits per heavy atom. The molecule has 1 aromatic heterocycles. The standard InChI is InChI=1S/C8H7Cl2N3/c9-4-1-2-5(10)8-7(4)12-6(3-11)13-8/h1-2H,3,11H2,(H,12,13). The fraction of sp³-hybridized carbons (Fsp3) is 0.125. The number of benzene rings is 1. The minimum atomic E-state index is 0.349. The zero-order valence-electron chi connectivity index (χ0n) is 6.64. The molecule has 0 bridgehead atoms. The molecule has 0 radical (unpaired) electrons. The smallest absolute Gasteiger partial charge is 0.121 e. The van der Waals surface area contributed by atoms with E-state index in [1.54, 1.807) is 12.1 Å². The number of H-pyrrole nitrogens is 1. The van der Waals surface area contributed by atoms with Crippen LogP contribution in [-0.4, -0.2) is 9.97 Å². The van der Waals surface area contributed by atoms with Crippen LogP contribution in [0.1, 0.15) is 5.82 Å². The maximum absolute atomic E-state index is 5.93. The Morgan fingerprint density at radius 2 is 2.00 bits per heavy atom. The number of imidazole rings is 1. The molecule has 2 aromatic rings. The van der Waals surface area contributed by atoms with Gasteiger partial charge in [-0.1, -0.05) is 23.2 Å². The molecule has 0 unspecified atom stereocenters. The van der Waals surface area contributed by atoms with Gasteiger partial charge in [-0.2, -0.15) is 0 Å². The summed E-state index contributed by atoms with van der Waals surface area (Å²) in [7, 11) is 0. The van der Waals surface area contributed by atoms with E-state index < -0.39 is 0 Å². The van der Waals surface area contributed by atoms with E-state index in [0.29, 0.717) is 27.9 Å². The molecule has 68 valence electrons. The molecule has 3 N–H and O–H groups in total. The maximum Gasteiger partial charge on any atom is 0.121 e. The minimum Gasteiger partial charge on any atom is -0.340 e. The molecule has 3 nitrogen and oxygen atoms in total. The van der Waals surface area contributed by atoms with Crippen LogP contribution in [0, 0.1) is 0 Å². The zero-order valence-corrected chi connectivity index (χ0v) is 8.15. The molecule has 0 saturated carbocycles. The van der Waals surface area contributed by atoms with Gasteiger partial charge in [0.1, 0.15) is 11.3 Å². The monoisotopic (exact) mass is 215 g/mol. The van der Waals surface area contributed by atoms with Crippen LogP contribution in [0.2, 0.25) is 10.0 Å². The number of halogens is 2. The number of aromatic amines is 1. The first-order chi connectivity index (χ1) is 6.22. The molecule has 5 heteroatoms. The average molecular weight is 216 g/mol. The first-order valence-corrected chi connectivity index (χ1v) is 4.50. The van der Waals surface area contributed by atoms with E-state index in [2.05, 4.69) is 9.97 Å². The van der Waals surface area contributed by atoms with Gasteiger partial charge in [0.25, 0.3) is 0 Å². The van der Waals surface area contributed by atoms with Crippen LogP contribution < -0.4 is 5.73 Å². The molecule has 1 heterocycles. The lowest BCUT2D eigenvalue weighted by Gasteiger charge is -1.93. The minimum absolute atomic E-state index is 0.349. The van der Waals surface area contributed by atoms with Crippen LogP contribution in [-0.2, 0) is 6.54 Å². The Bertz CT molecular complexity index is 411. The summed E-state index contributed by atoms with van der Waals surface area (Å²) >= 11 is 11.8. The van der Waals surface area contributed by atoms with Crippen molar-refractivity contribution in [3.05, 3.63) is 28.0 Å². The molecule has 0 aliphatic rings. The van der Waals surface area contributed by atoms with Crippen LogP contribution in [0.25, 0.3) is 11.0 Å². The van der Waals surface area contributed by atoms with Gasteiger partial charge < -0.3 is 10.7 Å². The summed E-state index contributed by atoms with van der Waals surface area (Å²) in [6.45, 7) is 0.349. The first-order valence-electron chi connectivity index (χ1n) is 3.75. The number of nitrogens with zero attached hydrogens (tertiary/aromatic N) is 1. The summed E-state index contributed by atoms with van der Waals surface area (Å²) in [5.41, 5.74) is 6.85. The van der Waals surface area contributed by atoms with Gasteiger partial charge in [0.15, 0.2) is 0 Å². The van der Waals surface area contributed by atoms with Crippen LogP contribution in [0.4, 0.5) is 0 Å². The highest BCUT2D eigenvalue weighted by molar-refractivity contribution is 6.39. The number of fused-ring (bicyclic) bond motifs is 1. The van der Waals surface area contributed by atoms with E-state index >= 15 is 0 Å². The lowest BCUT2D eigenvalue weighted by Crippen LogP contribution is -1.97. The van der Waals surface area contributed by atoms with Crippen molar-refractivity contribution in [2.75, 3.05) is 0 Å². The zero-order chi connectivity index (χ0) is 9.42. The molecule has 2 rings (SSSR count). The van der Waals surface area contributed by atoms with E-state index in [4.69, 9.17) is 28.9 Å². The van der Waals surface area contributed by atoms with Gasteiger partial charge in [-0.05, 0) is 12.1 Å². The van der Waals surface area contributed by atoms with E-state index in [-0.39, 0.29) is 0 Å². The Kier molecular flexibility index (Phi) is 2.15. The van der Waals surface area contributed by atoms with E-state index in [0.717, 1.165) is 5.52 Å². The van der Waals surface area contributed by atoms with Crippen molar-refractivity contribution < 1.29 is 0 Å². The van der Waals surface area contributed by atoms with Gasteiger partial charge >= 0.3 is 0 Å². The Morgan fingerprint density at radius 1 is 1.31 bits per heavy atom. The number of aromatic nitrogens is 2. The van der Waals surface area contributed by atoms with Crippen LogP contribution >= 0.6 is 23.2 Å². The van der Waals surface area contributed by atoms with Crippen molar-refractivity contribution in [1.82, 2.24) is 9.97 Å². The molecule has 0 spiro atoms. The summed E-state index contributed by atoms with van der Waals surface area (Å²) in [4.78, 5) is 7.20. The van der Waals surface area contributed by atoms with Crippen LogP contribution in [0.5, 0.6) is 0 Å². The quantitative estimate of drug-likeness (QED) is 0.768. The highest BCUT2D eigenvalue weighted by Gasteiger charge is 2.07. The predicted octanol–water partition coefficient (Wildman–Crippen LogP) is 2.33. The van der Waals surface area contributed by atoms with Crippen LogP contribution in [0.3, 0.4) is 0 Å². The molecule has 0 amide bonds. The molecular formula is C8H7Cl2N3. The van der Waals surface area contributed by atoms with Gasteiger partial charge in [-0.15, -0.1) is 0 Å². The Labute approximate surface area is 84.9 Å². The van der Waals surface area contributed by atoms with Gasteiger partial charge in [0, 0.05) is 0 Å². The highest BCUT2D eigenvalue weighted by atomic mass is 35.5. The van der Waals surface area contributed by atoms with Gasteiger partial charge in [-0.25, -0.2) is 4.98 Å². The van der Waals surface area contributed by atoms with Gasteiger partial charge in [0.05, 0.1) is 22.1 Å². The molecule has 0 saturated heterocycles. The van der Waals surface area contributed by atoms with Crippen molar-refractivity contribution in [3.8, 4) is 0 Å². The third-order valence-corrected chi connectivity index (χ3v) is 2.41. The predicted molar refractivity (Wildman–Crippen MR) is 54.0 cm³/mol. The second-order valence-corrected chi connectivity index (χ2v) is 3.45. The van der Waals surface area contributed by atoms with Gasteiger partial charge in [0.2, 0.25) is 0 Å². The molecule has 0 aliphatic heterocycles. The summed E-state index contributed by atoms with van der Waals surface area (Å²) in [6.07, 6.45) is 0. The molecule has 13 heavy (non-hydrogen) atoms. The van der Waals surface area contributed by atoms with Crippen molar-refractivity contribution >= 4 is 34.2 Å². The van der Waals surface area contributed by atoms with E-state index in [9.17, 15) is 0 Å². The molecule has 0 fully saturated rings. The molecule has 0 atom stereocenters. The Hall–Kier alpha value is -0.770. The van der Waals surface area contributed by atoms with Crippen LogP contribution in [0.15, 0.2) is 12.1 Å². The number of hydrogen-bond acceptors (Lipinski definition) is 2. The SMILES string of the molecule is NCc1nc2c(Cl)ccc(Cl)c2[nH]1. The largest absolute Gasteiger partial charge is 0.340 e. The van der Waals surface area contributed by atoms with Crippen molar-refractivity contribution in [1.29, 1.82) is 0 Å². The average Bonchev–Trinajstić information content (AvgIpc) is 2.56. The highest BCUT2D eigenvalue weighted by Crippen LogP contribution is 2.27. The number of hydrogen-bond donors (Lipinski definition) is 2. The molecular weight excluding hydrogens is 209 g/mol. The number of nitrogens with two attached hydrogens (primary N) is 1.